The lowest BCUT2D eigenvalue weighted by Crippen LogP contribution is -2.37. The molecule has 0 bridgehead atoms. The van der Waals surface area contributed by atoms with Crippen molar-refractivity contribution in [2.45, 2.75) is 32.7 Å². The molecular weight excluding hydrogens is 308 g/mol. The number of amides is 2. The van der Waals surface area contributed by atoms with E-state index in [0.717, 1.165) is 19.3 Å². The molecular formula is C17H22N4O3. The fourth-order valence-electron chi connectivity index (χ4n) is 2.40. The summed E-state index contributed by atoms with van der Waals surface area (Å²) in [6.45, 7) is 2.40. The summed E-state index contributed by atoms with van der Waals surface area (Å²) in [6, 6.07) is 6.88. The Morgan fingerprint density at radius 2 is 1.88 bits per heavy atom. The Kier molecular flexibility index (Phi) is 6.06. The zero-order chi connectivity index (χ0) is 17.5. The lowest BCUT2D eigenvalue weighted by Gasteiger charge is -2.11. The third-order valence-electron chi connectivity index (χ3n) is 3.74. The first-order valence-electron chi connectivity index (χ1n) is 8.07. The topological polar surface area (TPSA) is 93.1 Å². The van der Waals surface area contributed by atoms with E-state index >= 15 is 0 Å². The van der Waals surface area contributed by atoms with Gasteiger partial charge in [0.15, 0.2) is 5.69 Å². The molecule has 0 fully saturated rings. The molecule has 24 heavy (non-hydrogen) atoms. The lowest BCUT2D eigenvalue weighted by atomic mass is 10.1. The number of nitrogens with one attached hydrogen (secondary N) is 2. The molecule has 128 valence electrons. The van der Waals surface area contributed by atoms with Crippen LogP contribution in [0.5, 0.6) is 0 Å². The Morgan fingerprint density at radius 3 is 2.54 bits per heavy atom. The molecule has 2 rings (SSSR count). The molecule has 7 nitrogen and oxygen atoms in total. The number of hydrogen-bond acceptors (Lipinski definition) is 4. The van der Waals surface area contributed by atoms with Crippen molar-refractivity contribution in [1.29, 1.82) is 0 Å². The molecule has 7 heteroatoms. The maximum Gasteiger partial charge on any atom is 0.274 e. The van der Waals surface area contributed by atoms with E-state index in [1.165, 1.54) is 11.7 Å². The number of carbonyl (C=O) groups is 2. The highest BCUT2D eigenvalue weighted by molar-refractivity contribution is 6.05. The van der Waals surface area contributed by atoms with Crippen LogP contribution in [0.2, 0.25) is 0 Å². The number of aryl methyl sites for hydroxylation is 1. The van der Waals surface area contributed by atoms with E-state index in [1.807, 2.05) is 0 Å². The highest BCUT2D eigenvalue weighted by Crippen LogP contribution is 2.13. The third-order valence-corrected chi connectivity index (χ3v) is 3.74. The van der Waals surface area contributed by atoms with Gasteiger partial charge in [0.25, 0.3) is 11.5 Å². The minimum absolute atomic E-state index is 0.139. The molecule has 1 aromatic carbocycles. The Hall–Kier alpha value is -2.70. The number of hydrogen-bond donors (Lipinski definition) is 2. The van der Waals surface area contributed by atoms with Gasteiger partial charge in [-0.3, -0.25) is 14.4 Å². The second-order valence-corrected chi connectivity index (χ2v) is 5.49. The van der Waals surface area contributed by atoms with Gasteiger partial charge in [-0.2, -0.15) is 5.10 Å². The minimum atomic E-state index is -0.473. The maximum absolute atomic E-state index is 12.5. The van der Waals surface area contributed by atoms with Gasteiger partial charge in [-0.25, -0.2) is 4.68 Å². The summed E-state index contributed by atoms with van der Waals surface area (Å²) in [7, 11) is 1.50. The van der Waals surface area contributed by atoms with Crippen LogP contribution in [0.3, 0.4) is 0 Å². The van der Waals surface area contributed by atoms with Gasteiger partial charge in [0.2, 0.25) is 5.91 Å². The molecule has 1 heterocycles. The second kappa shape index (κ2) is 8.24. The quantitative estimate of drug-likeness (QED) is 0.743. The SMILES string of the molecule is CCCCCn1nc(C(=O)NCC(=O)NC)c2ccccc2c1=O. The van der Waals surface area contributed by atoms with Gasteiger partial charge in [-0.1, -0.05) is 38.0 Å². The molecule has 0 saturated carbocycles. The predicted molar refractivity (Wildman–Crippen MR) is 91.9 cm³/mol. The van der Waals surface area contributed by atoms with Crippen LogP contribution in [0.25, 0.3) is 10.8 Å². The molecule has 0 atom stereocenters. The van der Waals surface area contributed by atoms with Crippen LogP contribution < -0.4 is 16.2 Å². The first-order chi connectivity index (χ1) is 11.6. The van der Waals surface area contributed by atoms with E-state index in [4.69, 9.17) is 0 Å². The molecule has 2 aromatic rings. The number of unbranched alkanes of at least 4 members (excludes halogenated alkanes) is 2. The van der Waals surface area contributed by atoms with E-state index < -0.39 is 5.91 Å². The molecule has 0 aliphatic carbocycles. The van der Waals surface area contributed by atoms with Crippen molar-refractivity contribution in [3.63, 3.8) is 0 Å². The van der Waals surface area contributed by atoms with E-state index in [2.05, 4.69) is 22.7 Å². The number of nitrogens with zero attached hydrogens (tertiary/aromatic N) is 2. The van der Waals surface area contributed by atoms with Crippen LogP contribution in [0.1, 0.15) is 36.7 Å². The molecule has 0 saturated heterocycles. The van der Waals surface area contributed by atoms with Crippen LogP contribution in [0.15, 0.2) is 29.1 Å². The summed E-state index contributed by atoms with van der Waals surface area (Å²) < 4.78 is 1.34. The van der Waals surface area contributed by atoms with Crippen LogP contribution in [0, 0.1) is 0 Å². The largest absolute Gasteiger partial charge is 0.358 e. The summed E-state index contributed by atoms with van der Waals surface area (Å²) >= 11 is 0. The van der Waals surface area contributed by atoms with Crippen LogP contribution in [-0.4, -0.2) is 35.2 Å². The van der Waals surface area contributed by atoms with Crippen LogP contribution >= 0.6 is 0 Å². The third kappa shape index (κ3) is 3.98. The zero-order valence-corrected chi connectivity index (χ0v) is 14.0. The van der Waals surface area contributed by atoms with Crippen LogP contribution in [0.4, 0.5) is 0 Å². The first kappa shape index (κ1) is 17.7. The smallest absolute Gasteiger partial charge is 0.274 e. The number of fused-ring (bicyclic) bond motifs is 1. The number of rotatable bonds is 7. The van der Waals surface area contributed by atoms with Crippen molar-refractivity contribution in [3.8, 4) is 0 Å². The van der Waals surface area contributed by atoms with Gasteiger partial charge in [0.1, 0.15) is 0 Å². The fourth-order valence-corrected chi connectivity index (χ4v) is 2.40. The molecule has 2 amide bonds. The van der Waals surface area contributed by atoms with Crippen molar-refractivity contribution in [2.24, 2.45) is 0 Å². The molecule has 0 radical (unpaired) electrons. The average molecular weight is 330 g/mol. The average Bonchev–Trinajstić information content (AvgIpc) is 2.61. The van der Waals surface area contributed by atoms with Crippen molar-refractivity contribution in [2.75, 3.05) is 13.6 Å². The Balaban J connectivity index is 2.39. The molecule has 0 spiro atoms. The van der Waals surface area contributed by atoms with Gasteiger partial charge in [0.05, 0.1) is 11.9 Å². The highest BCUT2D eigenvalue weighted by atomic mass is 16.2. The lowest BCUT2D eigenvalue weighted by molar-refractivity contribution is -0.119. The summed E-state index contributed by atoms with van der Waals surface area (Å²) in [5, 5.41) is 10.1. The number of carbonyl (C=O) groups excluding carboxylic acids is 2. The molecule has 0 unspecified atom stereocenters. The number of benzene rings is 1. The first-order valence-corrected chi connectivity index (χ1v) is 8.07. The van der Waals surface area contributed by atoms with Gasteiger partial charge >= 0.3 is 0 Å². The fraction of sp³-hybridized carbons (Fsp3) is 0.412. The number of likely N-dealkylation sites (N-methyl/N-ethyl adjacent to an activating group) is 1. The van der Waals surface area contributed by atoms with Crippen molar-refractivity contribution in [1.82, 2.24) is 20.4 Å². The zero-order valence-electron chi connectivity index (χ0n) is 14.0. The van der Waals surface area contributed by atoms with Crippen molar-refractivity contribution >= 4 is 22.6 Å². The van der Waals surface area contributed by atoms with E-state index in [0.29, 0.717) is 17.3 Å². The molecule has 0 aliphatic heterocycles. The van der Waals surface area contributed by atoms with Crippen molar-refractivity contribution < 1.29 is 9.59 Å². The summed E-state index contributed by atoms with van der Waals surface area (Å²) in [6.07, 6.45) is 2.84. The second-order valence-electron chi connectivity index (χ2n) is 5.49. The minimum Gasteiger partial charge on any atom is -0.358 e. The predicted octanol–water partition coefficient (Wildman–Crippen LogP) is 1.06. The Labute approximate surface area is 140 Å². The molecule has 0 aliphatic rings. The van der Waals surface area contributed by atoms with Gasteiger partial charge < -0.3 is 10.6 Å². The van der Waals surface area contributed by atoms with Crippen molar-refractivity contribution in [3.05, 3.63) is 40.3 Å². The summed E-state index contributed by atoms with van der Waals surface area (Å²) in [5.74, 6) is -0.775. The standard InChI is InChI=1S/C17H22N4O3/c1-3-4-7-10-21-17(24)13-9-6-5-8-12(13)15(20-21)16(23)19-11-14(22)18-2/h5-6,8-9H,3-4,7,10-11H2,1-2H3,(H,18,22)(H,19,23). The molecule has 2 N–H and O–H groups in total. The Bertz CT molecular complexity index is 798. The maximum atomic E-state index is 12.5. The summed E-state index contributed by atoms with van der Waals surface area (Å²) in [4.78, 5) is 36.2. The van der Waals surface area contributed by atoms with E-state index in [1.54, 1.807) is 24.3 Å². The Morgan fingerprint density at radius 1 is 1.17 bits per heavy atom. The van der Waals surface area contributed by atoms with E-state index in [9.17, 15) is 14.4 Å². The molecule has 1 aromatic heterocycles. The van der Waals surface area contributed by atoms with Gasteiger partial charge in [-0.05, 0) is 12.5 Å². The van der Waals surface area contributed by atoms with Crippen LogP contribution in [-0.2, 0) is 11.3 Å². The van der Waals surface area contributed by atoms with Gasteiger partial charge in [-0.15, -0.1) is 0 Å². The highest BCUT2D eigenvalue weighted by Gasteiger charge is 2.16. The van der Waals surface area contributed by atoms with Gasteiger partial charge in [0, 0.05) is 19.0 Å². The monoisotopic (exact) mass is 330 g/mol. The summed E-state index contributed by atoms with van der Waals surface area (Å²) in [5.41, 5.74) is -0.0462. The number of aromatic nitrogens is 2. The van der Waals surface area contributed by atoms with E-state index in [-0.39, 0.29) is 23.7 Å². The normalized spacial score (nSPS) is 10.6.